The molecule has 0 aliphatic carbocycles. The van der Waals surface area contributed by atoms with E-state index < -0.39 is 32.5 Å². The van der Waals surface area contributed by atoms with Gasteiger partial charge in [-0.2, -0.15) is 0 Å². The van der Waals surface area contributed by atoms with Crippen molar-refractivity contribution in [2.24, 2.45) is 0 Å². The van der Waals surface area contributed by atoms with Crippen molar-refractivity contribution in [3.05, 3.63) is 48.6 Å². The highest BCUT2D eigenvalue weighted by molar-refractivity contribution is 7.45. The van der Waals surface area contributed by atoms with Crippen LogP contribution in [-0.2, 0) is 37.4 Å². The zero-order chi connectivity index (χ0) is 39.0. The van der Waals surface area contributed by atoms with Gasteiger partial charge in [-0.05, 0) is 64.2 Å². The van der Waals surface area contributed by atoms with Crippen LogP contribution in [-0.4, -0.2) is 82.2 Å². The number of unbranched alkanes of at least 4 members (excludes halogenated alkanes) is 10. The first-order valence-corrected chi connectivity index (χ1v) is 21.9. The Labute approximate surface area is 322 Å². The molecule has 0 N–H and O–H groups in total. The number of ether oxygens (including phenoxy) is 3. The molecule has 0 saturated carbocycles. The fourth-order valence-corrected chi connectivity index (χ4v) is 6.10. The van der Waals surface area contributed by atoms with E-state index in [1.807, 2.05) is 27.2 Å². The van der Waals surface area contributed by atoms with Crippen LogP contribution in [0.4, 0.5) is 0 Å². The molecule has 0 aromatic rings. The van der Waals surface area contributed by atoms with Gasteiger partial charge in [0.05, 0.1) is 40.0 Å². The molecular weight excluding hydrogens is 693 g/mol. The Morgan fingerprint density at radius 2 is 1.30 bits per heavy atom. The summed E-state index contributed by atoms with van der Waals surface area (Å²) in [5.41, 5.74) is 0. The molecular formula is C42H74NO9P. The summed E-state index contributed by atoms with van der Waals surface area (Å²) >= 11 is 0. The zero-order valence-corrected chi connectivity index (χ0v) is 34.8. The molecule has 3 unspecified atom stereocenters. The lowest BCUT2D eigenvalue weighted by atomic mass is 10.1. The van der Waals surface area contributed by atoms with Crippen molar-refractivity contribution in [1.29, 1.82) is 0 Å². The van der Waals surface area contributed by atoms with Crippen LogP contribution in [0.3, 0.4) is 0 Å². The van der Waals surface area contributed by atoms with Crippen molar-refractivity contribution in [3.8, 4) is 0 Å². The standard InChI is InChI=1S/C42H74NO9P/c1-6-8-10-11-12-13-14-18-21-24-28-32-41(44)48-36-38(37-50-53(46,47)49-35-34-43(3,4)5)51-42(45)33-29-25-22-19-16-15-17-20-23-27-31-40-39(52-40)30-26-9-7-2/h11-12,15,17,19,22-23,27,38-40H,6-10,13-14,16,18,20-21,24-26,28-37H2,1-5H3/b12-11-,17-15-,22-19-,27-23-/t38-,39?,40?/m1/s1. The highest BCUT2D eigenvalue weighted by atomic mass is 31.2. The highest BCUT2D eigenvalue weighted by Gasteiger charge is 2.36. The normalized spacial score (nSPS) is 18.0. The minimum Gasteiger partial charge on any atom is -0.756 e. The molecule has 0 aromatic heterocycles. The summed E-state index contributed by atoms with van der Waals surface area (Å²) < 4.78 is 39.4. The molecule has 0 radical (unpaired) electrons. The first-order chi connectivity index (χ1) is 25.5. The molecule has 53 heavy (non-hydrogen) atoms. The Kier molecular flexibility index (Phi) is 28.8. The monoisotopic (exact) mass is 768 g/mol. The van der Waals surface area contributed by atoms with E-state index in [1.54, 1.807) is 0 Å². The maximum atomic E-state index is 12.6. The Hall–Kier alpha value is -2.07. The first-order valence-electron chi connectivity index (χ1n) is 20.5. The van der Waals surface area contributed by atoms with Crippen molar-refractivity contribution < 1.29 is 46.8 Å². The van der Waals surface area contributed by atoms with Gasteiger partial charge in [-0.1, -0.05) is 114 Å². The number of phosphoric acid groups is 1. The van der Waals surface area contributed by atoms with Crippen LogP contribution in [0.2, 0.25) is 0 Å². The fraction of sp³-hybridized carbons (Fsp3) is 0.762. The van der Waals surface area contributed by atoms with Gasteiger partial charge in [-0.25, -0.2) is 0 Å². The number of epoxide rings is 1. The summed E-state index contributed by atoms with van der Waals surface area (Å²) in [5, 5.41) is 0. The van der Waals surface area contributed by atoms with Gasteiger partial charge >= 0.3 is 11.9 Å². The van der Waals surface area contributed by atoms with Crippen LogP contribution in [0.1, 0.15) is 142 Å². The third kappa shape index (κ3) is 31.9. The van der Waals surface area contributed by atoms with E-state index >= 15 is 0 Å². The summed E-state index contributed by atoms with van der Waals surface area (Å²) in [5.74, 6) is -0.922. The number of hydrogen-bond donors (Lipinski definition) is 0. The molecule has 0 aromatic carbocycles. The number of hydrogen-bond acceptors (Lipinski definition) is 9. The minimum atomic E-state index is -4.64. The average Bonchev–Trinajstić information content (AvgIpc) is 3.86. The summed E-state index contributed by atoms with van der Waals surface area (Å²) in [4.78, 5) is 37.4. The minimum absolute atomic E-state index is 0.0460. The van der Waals surface area contributed by atoms with Crippen molar-refractivity contribution in [2.45, 2.75) is 161 Å². The summed E-state index contributed by atoms with van der Waals surface area (Å²) in [6.07, 6.45) is 36.1. The lowest BCUT2D eigenvalue weighted by Gasteiger charge is -2.28. The van der Waals surface area contributed by atoms with E-state index in [0.29, 0.717) is 42.5 Å². The summed E-state index contributed by atoms with van der Waals surface area (Å²) in [6.45, 7) is 4.05. The van der Waals surface area contributed by atoms with Gasteiger partial charge in [0.25, 0.3) is 7.82 Å². The van der Waals surface area contributed by atoms with E-state index in [0.717, 1.165) is 57.8 Å². The number of phosphoric ester groups is 1. The molecule has 306 valence electrons. The molecule has 11 heteroatoms. The molecule has 0 amide bonds. The second kappa shape index (κ2) is 31.2. The Balaban J connectivity index is 2.35. The van der Waals surface area contributed by atoms with Gasteiger partial charge in [0.1, 0.15) is 19.8 Å². The molecule has 1 saturated heterocycles. The van der Waals surface area contributed by atoms with Crippen LogP contribution >= 0.6 is 7.82 Å². The molecule has 1 fully saturated rings. The number of quaternary nitrogens is 1. The van der Waals surface area contributed by atoms with Gasteiger partial charge < -0.3 is 32.6 Å². The Morgan fingerprint density at radius 1 is 0.698 bits per heavy atom. The van der Waals surface area contributed by atoms with Gasteiger partial charge in [-0.15, -0.1) is 0 Å². The van der Waals surface area contributed by atoms with E-state index in [2.05, 4.69) is 56.4 Å². The molecule has 1 heterocycles. The van der Waals surface area contributed by atoms with Crippen molar-refractivity contribution >= 4 is 19.8 Å². The molecule has 4 atom stereocenters. The van der Waals surface area contributed by atoms with E-state index in [4.69, 9.17) is 23.3 Å². The quantitative estimate of drug-likeness (QED) is 0.0155. The molecule has 0 spiro atoms. The van der Waals surface area contributed by atoms with Gasteiger partial charge in [0.2, 0.25) is 0 Å². The largest absolute Gasteiger partial charge is 0.756 e. The fourth-order valence-electron chi connectivity index (χ4n) is 5.37. The van der Waals surface area contributed by atoms with Crippen molar-refractivity contribution in [3.63, 3.8) is 0 Å². The maximum absolute atomic E-state index is 12.6. The Bertz CT molecular complexity index is 1110. The Morgan fingerprint density at radius 3 is 2.02 bits per heavy atom. The number of allylic oxidation sites excluding steroid dienone is 7. The summed E-state index contributed by atoms with van der Waals surface area (Å²) in [6, 6.07) is 0. The molecule has 0 bridgehead atoms. The first kappa shape index (κ1) is 48.9. The highest BCUT2D eigenvalue weighted by Crippen LogP contribution is 2.38. The molecule has 1 aliphatic heterocycles. The summed E-state index contributed by atoms with van der Waals surface area (Å²) in [7, 11) is 1.11. The number of likely N-dealkylation sites (N-methyl/N-ethyl adjacent to an activating group) is 1. The number of carbonyl (C=O) groups excluding carboxylic acids is 2. The van der Waals surface area contributed by atoms with Gasteiger partial charge in [0.15, 0.2) is 6.10 Å². The van der Waals surface area contributed by atoms with E-state index in [9.17, 15) is 19.0 Å². The van der Waals surface area contributed by atoms with Gasteiger partial charge in [0, 0.05) is 12.8 Å². The molecule has 1 rings (SSSR count). The number of nitrogens with zero attached hydrogens (tertiary/aromatic N) is 1. The average molecular weight is 768 g/mol. The van der Waals surface area contributed by atoms with E-state index in [1.165, 1.54) is 38.5 Å². The third-order valence-electron chi connectivity index (χ3n) is 8.75. The van der Waals surface area contributed by atoms with Crippen molar-refractivity contribution in [2.75, 3.05) is 47.5 Å². The topological polar surface area (TPSA) is 124 Å². The predicted octanol–water partition coefficient (Wildman–Crippen LogP) is 9.48. The van der Waals surface area contributed by atoms with Gasteiger partial charge in [-0.3, -0.25) is 14.2 Å². The second-order valence-corrected chi connectivity index (χ2v) is 16.4. The second-order valence-electron chi connectivity index (χ2n) is 15.0. The molecule has 1 aliphatic rings. The van der Waals surface area contributed by atoms with Crippen LogP contribution in [0, 0.1) is 0 Å². The third-order valence-corrected chi connectivity index (χ3v) is 9.71. The number of rotatable bonds is 35. The van der Waals surface area contributed by atoms with Crippen LogP contribution in [0.15, 0.2) is 48.6 Å². The van der Waals surface area contributed by atoms with E-state index in [-0.39, 0.29) is 26.1 Å². The lowest BCUT2D eigenvalue weighted by Crippen LogP contribution is -2.37. The SMILES string of the molecule is CCCC/C=C\CCCCCCCC(=O)OC[C@H](COP(=O)([O-])OCC[N+](C)(C)C)OC(=O)CCC/C=C\C/C=C\C/C=C\CC1OC1CCCCC. The number of carbonyl (C=O) groups is 2. The lowest BCUT2D eigenvalue weighted by molar-refractivity contribution is -0.870. The smallest absolute Gasteiger partial charge is 0.306 e. The maximum Gasteiger partial charge on any atom is 0.306 e. The van der Waals surface area contributed by atoms with Crippen LogP contribution < -0.4 is 4.89 Å². The molecule has 10 nitrogen and oxygen atoms in total. The zero-order valence-electron chi connectivity index (χ0n) is 33.9. The van der Waals surface area contributed by atoms with Crippen LogP contribution in [0.25, 0.3) is 0 Å². The predicted molar refractivity (Wildman–Crippen MR) is 212 cm³/mol. The van der Waals surface area contributed by atoms with Crippen molar-refractivity contribution in [1.82, 2.24) is 0 Å². The van der Waals surface area contributed by atoms with Crippen LogP contribution in [0.5, 0.6) is 0 Å². The number of esters is 2.